The summed E-state index contributed by atoms with van der Waals surface area (Å²) in [4.78, 5) is 19.3. The van der Waals surface area contributed by atoms with E-state index in [0.717, 1.165) is 50.6 Å². The van der Waals surface area contributed by atoms with E-state index < -0.39 is 0 Å². The van der Waals surface area contributed by atoms with Crippen LogP contribution in [0.15, 0.2) is 30.3 Å². The lowest BCUT2D eigenvalue weighted by atomic mass is 9.96. The molecule has 0 spiro atoms. The van der Waals surface area contributed by atoms with Gasteiger partial charge in [-0.3, -0.25) is 9.63 Å². The van der Waals surface area contributed by atoms with Gasteiger partial charge in [-0.15, -0.1) is 0 Å². The fraction of sp³-hybridized carbons (Fsp3) is 0.696. The van der Waals surface area contributed by atoms with Gasteiger partial charge in [-0.2, -0.15) is 5.06 Å². The number of rotatable bonds is 12. The second kappa shape index (κ2) is 12.2. The van der Waals surface area contributed by atoms with Crippen molar-refractivity contribution in [1.82, 2.24) is 5.06 Å². The number of piperidine rings is 1. The van der Waals surface area contributed by atoms with E-state index in [4.69, 9.17) is 4.84 Å². The van der Waals surface area contributed by atoms with E-state index >= 15 is 0 Å². The second-order valence-corrected chi connectivity index (χ2v) is 7.65. The molecule has 146 valence electrons. The molecule has 2 rings (SSSR count). The van der Waals surface area contributed by atoms with Crippen LogP contribution in [-0.4, -0.2) is 29.5 Å². The Morgan fingerprint density at radius 2 is 1.88 bits per heavy atom. The molecule has 3 heteroatoms. The third-order valence-electron chi connectivity index (χ3n) is 5.32. The van der Waals surface area contributed by atoms with Crippen LogP contribution in [-0.2, 0) is 16.1 Å². The van der Waals surface area contributed by atoms with Crippen LogP contribution in [0.3, 0.4) is 0 Å². The molecule has 3 nitrogen and oxygen atoms in total. The van der Waals surface area contributed by atoms with Crippen molar-refractivity contribution in [1.29, 1.82) is 0 Å². The zero-order chi connectivity index (χ0) is 18.6. The quantitative estimate of drug-likeness (QED) is 0.447. The summed E-state index contributed by atoms with van der Waals surface area (Å²) in [5.41, 5.74) is 1.10. The smallest absolute Gasteiger partial charge is 0.156 e. The Bertz CT molecular complexity index is 502. The van der Waals surface area contributed by atoms with E-state index in [0.29, 0.717) is 12.2 Å². The molecule has 0 aromatic heterocycles. The van der Waals surface area contributed by atoms with Gasteiger partial charge in [-0.05, 0) is 37.7 Å². The summed E-state index contributed by atoms with van der Waals surface area (Å²) in [5, 5.41) is 2.04. The number of carbonyl (C=O) groups is 1. The van der Waals surface area contributed by atoms with Crippen molar-refractivity contribution in [2.45, 2.75) is 96.6 Å². The third-order valence-corrected chi connectivity index (χ3v) is 5.32. The fourth-order valence-corrected chi connectivity index (χ4v) is 3.83. The van der Waals surface area contributed by atoms with Gasteiger partial charge in [0.05, 0.1) is 12.1 Å². The van der Waals surface area contributed by atoms with E-state index in [9.17, 15) is 4.79 Å². The predicted molar refractivity (Wildman–Crippen MR) is 108 cm³/mol. The highest BCUT2D eigenvalue weighted by atomic mass is 16.7. The first kappa shape index (κ1) is 21.1. The number of nitrogens with zero attached hydrogens (tertiary/aromatic N) is 1. The molecule has 1 aliphatic rings. The standard InChI is InChI=1S/C23H37NO2/c1-3-5-6-10-16-21(13-4-2)26-24-18-12-11-17-22(24)23(25)19-20-14-8-7-9-15-20/h7-9,14-15,21-22H,3-6,10-13,16-19H2,1-2H3. The van der Waals surface area contributed by atoms with Gasteiger partial charge < -0.3 is 0 Å². The fourth-order valence-electron chi connectivity index (χ4n) is 3.83. The summed E-state index contributed by atoms with van der Waals surface area (Å²) in [6.07, 6.45) is 12.4. The van der Waals surface area contributed by atoms with Crippen molar-refractivity contribution in [2.75, 3.05) is 6.54 Å². The van der Waals surface area contributed by atoms with Crippen molar-refractivity contribution in [3.8, 4) is 0 Å². The van der Waals surface area contributed by atoms with Gasteiger partial charge in [0, 0.05) is 13.0 Å². The van der Waals surface area contributed by atoms with Crippen LogP contribution in [0.2, 0.25) is 0 Å². The molecule has 0 amide bonds. The summed E-state index contributed by atoms with van der Waals surface area (Å²) in [5.74, 6) is 0.303. The SMILES string of the molecule is CCCCCCC(CCC)ON1CCCCC1C(=O)Cc1ccccc1. The zero-order valence-electron chi connectivity index (χ0n) is 16.8. The molecule has 0 saturated carbocycles. The highest BCUT2D eigenvalue weighted by Crippen LogP contribution is 2.23. The largest absolute Gasteiger partial charge is 0.297 e. The average Bonchev–Trinajstić information content (AvgIpc) is 2.66. The first-order chi connectivity index (χ1) is 12.7. The van der Waals surface area contributed by atoms with Crippen LogP contribution in [0.5, 0.6) is 0 Å². The average molecular weight is 360 g/mol. The second-order valence-electron chi connectivity index (χ2n) is 7.65. The molecule has 0 bridgehead atoms. The van der Waals surface area contributed by atoms with Crippen molar-refractivity contribution in [2.24, 2.45) is 0 Å². The van der Waals surface area contributed by atoms with Gasteiger partial charge in [0.25, 0.3) is 0 Å². The molecular formula is C23H37NO2. The monoisotopic (exact) mass is 359 g/mol. The van der Waals surface area contributed by atoms with E-state index in [1.807, 2.05) is 35.4 Å². The maximum atomic E-state index is 12.9. The molecule has 1 aliphatic heterocycles. The normalized spacial score (nSPS) is 19.4. The van der Waals surface area contributed by atoms with Crippen LogP contribution in [0.25, 0.3) is 0 Å². The molecule has 26 heavy (non-hydrogen) atoms. The molecule has 0 N–H and O–H groups in total. The number of hydrogen-bond acceptors (Lipinski definition) is 3. The van der Waals surface area contributed by atoms with Crippen LogP contribution in [0.1, 0.15) is 83.6 Å². The van der Waals surface area contributed by atoms with Crippen molar-refractivity contribution < 1.29 is 9.63 Å². The number of benzene rings is 1. The van der Waals surface area contributed by atoms with Gasteiger partial charge in [0.2, 0.25) is 0 Å². The molecule has 0 radical (unpaired) electrons. The molecule has 0 aliphatic carbocycles. The van der Waals surface area contributed by atoms with Gasteiger partial charge in [-0.25, -0.2) is 0 Å². The summed E-state index contributed by atoms with van der Waals surface area (Å²) in [7, 11) is 0. The highest BCUT2D eigenvalue weighted by molar-refractivity contribution is 5.86. The van der Waals surface area contributed by atoms with Crippen molar-refractivity contribution in [3.63, 3.8) is 0 Å². The maximum Gasteiger partial charge on any atom is 0.156 e. The third kappa shape index (κ3) is 7.20. The van der Waals surface area contributed by atoms with Gasteiger partial charge in [0.1, 0.15) is 0 Å². The Morgan fingerprint density at radius 3 is 2.62 bits per heavy atom. The van der Waals surface area contributed by atoms with E-state index in [1.54, 1.807) is 0 Å². The van der Waals surface area contributed by atoms with Crippen LogP contribution < -0.4 is 0 Å². The van der Waals surface area contributed by atoms with E-state index in [-0.39, 0.29) is 12.1 Å². The molecule has 1 heterocycles. The molecule has 2 atom stereocenters. The minimum absolute atomic E-state index is 0.0704. The Balaban J connectivity index is 1.91. The Kier molecular flexibility index (Phi) is 9.94. The number of hydroxylamine groups is 2. The van der Waals surface area contributed by atoms with E-state index in [2.05, 4.69) is 13.8 Å². The van der Waals surface area contributed by atoms with Gasteiger partial charge >= 0.3 is 0 Å². The molecule has 1 aromatic rings. The molecule has 1 saturated heterocycles. The molecule has 1 aromatic carbocycles. The van der Waals surface area contributed by atoms with Crippen LogP contribution in [0.4, 0.5) is 0 Å². The number of hydrogen-bond donors (Lipinski definition) is 0. The number of ketones is 1. The van der Waals surface area contributed by atoms with Gasteiger partial charge in [0.15, 0.2) is 5.78 Å². The maximum absolute atomic E-state index is 12.9. The first-order valence-electron chi connectivity index (χ1n) is 10.7. The highest BCUT2D eigenvalue weighted by Gasteiger charge is 2.31. The number of Topliss-reactive ketones (excluding diaryl/α,β-unsaturated/α-hetero) is 1. The minimum atomic E-state index is -0.0704. The van der Waals surface area contributed by atoms with Gasteiger partial charge in [-0.1, -0.05) is 76.3 Å². The lowest BCUT2D eigenvalue weighted by Crippen LogP contribution is -2.47. The van der Waals surface area contributed by atoms with Crippen molar-refractivity contribution >= 4 is 5.78 Å². The lowest BCUT2D eigenvalue weighted by Gasteiger charge is -2.36. The summed E-state index contributed by atoms with van der Waals surface area (Å²) in [6.45, 7) is 5.35. The summed E-state index contributed by atoms with van der Waals surface area (Å²) < 4.78 is 0. The Hall–Kier alpha value is -1.19. The van der Waals surface area contributed by atoms with E-state index in [1.165, 1.54) is 25.7 Å². The first-order valence-corrected chi connectivity index (χ1v) is 10.7. The van der Waals surface area contributed by atoms with Crippen molar-refractivity contribution in [3.05, 3.63) is 35.9 Å². The molecular weight excluding hydrogens is 322 g/mol. The Morgan fingerprint density at radius 1 is 1.08 bits per heavy atom. The zero-order valence-corrected chi connectivity index (χ0v) is 16.8. The number of unbranched alkanes of at least 4 members (excludes halogenated alkanes) is 3. The topological polar surface area (TPSA) is 29.5 Å². The predicted octanol–water partition coefficient (Wildman–Crippen LogP) is 5.72. The molecule has 2 unspecified atom stereocenters. The lowest BCUT2D eigenvalue weighted by molar-refractivity contribution is -0.231. The summed E-state index contributed by atoms with van der Waals surface area (Å²) in [6, 6.07) is 10.0. The summed E-state index contributed by atoms with van der Waals surface area (Å²) >= 11 is 0. The van der Waals surface area contributed by atoms with Crippen LogP contribution in [0, 0.1) is 0 Å². The minimum Gasteiger partial charge on any atom is -0.297 e. The Labute approximate surface area is 160 Å². The number of carbonyl (C=O) groups excluding carboxylic acids is 1. The van der Waals surface area contributed by atoms with Crippen LogP contribution >= 0.6 is 0 Å². The molecule has 1 fully saturated rings.